The van der Waals surface area contributed by atoms with E-state index in [0.717, 1.165) is 0 Å². The van der Waals surface area contributed by atoms with Gasteiger partial charge in [-0.2, -0.15) is 5.10 Å². The Kier molecular flexibility index (Phi) is 7.08. The van der Waals surface area contributed by atoms with Crippen LogP contribution in [-0.4, -0.2) is 52.4 Å². The summed E-state index contributed by atoms with van der Waals surface area (Å²) >= 11 is 0. The van der Waals surface area contributed by atoms with E-state index in [0.29, 0.717) is 17.5 Å². The van der Waals surface area contributed by atoms with Crippen LogP contribution in [0.5, 0.6) is 0 Å². The number of nitrogens with one attached hydrogen (secondary N) is 1. The van der Waals surface area contributed by atoms with Crippen LogP contribution in [0.25, 0.3) is 11.0 Å². The third kappa shape index (κ3) is 4.85. The van der Waals surface area contributed by atoms with E-state index in [1.165, 1.54) is 13.3 Å². The molecule has 0 aliphatic heterocycles. The third-order valence-electron chi connectivity index (χ3n) is 4.48. The highest BCUT2D eigenvalue weighted by Crippen LogP contribution is 2.17. The van der Waals surface area contributed by atoms with Gasteiger partial charge in [0, 0.05) is 17.6 Å². The number of fused-ring (bicyclic) bond motifs is 1. The maximum atomic E-state index is 12.2. The van der Waals surface area contributed by atoms with Crippen molar-refractivity contribution < 1.29 is 23.9 Å². The highest BCUT2D eigenvalue weighted by atomic mass is 16.5. The molecule has 9 heteroatoms. The fourth-order valence-corrected chi connectivity index (χ4v) is 2.66. The van der Waals surface area contributed by atoms with E-state index in [1.807, 2.05) is 27.7 Å². The molecule has 0 saturated heterocycles. The Balaban J connectivity index is 2.00. The molecule has 0 saturated carbocycles. The quantitative estimate of drug-likeness (QED) is 0.685. The maximum absolute atomic E-state index is 12.2. The first kappa shape index (κ1) is 21.3. The van der Waals surface area contributed by atoms with Crippen molar-refractivity contribution in [3.8, 4) is 0 Å². The predicted octanol–water partition coefficient (Wildman–Crippen LogP) is 1.87. The fourth-order valence-electron chi connectivity index (χ4n) is 2.66. The van der Waals surface area contributed by atoms with Crippen molar-refractivity contribution in [1.29, 1.82) is 0 Å². The number of nitrogens with zero attached hydrogens (tertiary/aromatic N) is 3. The molecular formula is C19H26N4O5. The van der Waals surface area contributed by atoms with E-state index in [-0.39, 0.29) is 17.5 Å². The van der Waals surface area contributed by atoms with Gasteiger partial charge < -0.3 is 14.8 Å². The molecule has 0 aromatic carbocycles. The molecule has 0 radical (unpaired) electrons. The number of aromatic nitrogens is 3. The number of carbonyl (C=O) groups is 3. The van der Waals surface area contributed by atoms with E-state index in [9.17, 15) is 14.4 Å². The van der Waals surface area contributed by atoms with Crippen LogP contribution in [0.3, 0.4) is 0 Å². The second-order valence-corrected chi connectivity index (χ2v) is 6.85. The number of pyridine rings is 1. The van der Waals surface area contributed by atoms with Crippen molar-refractivity contribution in [3.63, 3.8) is 0 Å². The van der Waals surface area contributed by atoms with Crippen molar-refractivity contribution in [2.75, 3.05) is 13.7 Å². The number of hydrogen-bond donors (Lipinski definition) is 1. The molecule has 1 N–H and O–H groups in total. The zero-order valence-corrected chi connectivity index (χ0v) is 16.8. The Morgan fingerprint density at radius 3 is 2.54 bits per heavy atom. The van der Waals surface area contributed by atoms with Crippen LogP contribution in [0.4, 0.5) is 0 Å². The topological polar surface area (TPSA) is 112 Å². The van der Waals surface area contributed by atoms with E-state index in [1.54, 1.807) is 16.9 Å². The molecule has 2 rings (SSSR count). The summed E-state index contributed by atoms with van der Waals surface area (Å²) in [5, 5.41) is 7.50. The Bertz CT molecular complexity index is 861. The van der Waals surface area contributed by atoms with Crippen LogP contribution in [0.2, 0.25) is 0 Å². The lowest BCUT2D eigenvalue weighted by atomic mass is 9.99. The van der Waals surface area contributed by atoms with Gasteiger partial charge in [-0.1, -0.05) is 20.3 Å². The van der Waals surface area contributed by atoms with Crippen LogP contribution in [0.1, 0.15) is 50.5 Å². The number of amides is 1. The zero-order chi connectivity index (χ0) is 20.8. The summed E-state index contributed by atoms with van der Waals surface area (Å²) in [4.78, 5) is 40.4. The molecule has 0 spiro atoms. The SMILES string of the molecule is CCC(C)C(NC(=O)COC(=O)c1cnc2c(cnn2C(C)C)c1)C(=O)OC. The van der Waals surface area contributed by atoms with Gasteiger partial charge >= 0.3 is 11.9 Å². The Hall–Kier alpha value is -2.97. The molecule has 152 valence electrons. The van der Waals surface area contributed by atoms with Crippen molar-refractivity contribution in [1.82, 2.24) is 20.1 Å². The van der Waals surface area contributed by atoms with Gasteiger partial charge in [0.15, 0.2) is 12.3 Å². The third-order valence-corrected chi connectivity index (χ3v) is 4.48. The Morgan fingerprint density at radius 1 is 1.21 bits per heavy atom. The molecule has 2 atom stereocenters. The van der Waals surface area contributed by atoms with Crippen LogP contribution in [0, 0.1) is 5.92 Å². The molecule has 2 aromatic rings. The molecule has 1 amide bonds. The number of rotatable bonds is 8. The van der Waals surface area contributed by atoms with Crippen LogP contribution < -0.4 is 5.32 Å². The van der Waals surface area contributed by atoms with E-state index in [2.05, 4.69) is 15.4 Å². The highest BCUT2D eigenvalue weighted by molar-refractivity contribution is 5.94. The summed E-state index contributed by atoms with van der Waals surface area (Å²) in [5.74, 6) is -1.91. The number of ether oxygens (including phenoxy) is 2. The lowest BCUT2D eigenvalue weighted by Crippen LogP contribution is -2.47. The second-order valence-electron chi connectivity index (χ2n) is 6.85. The summed E-state index contributed by atoms with van der Waals surface area (Å²) in [6, 6.07) is 0.964. The minimum absolute atomic E-state index is 0.115. The molecule has 0 aliphatic carbocycles. The lowest BCUT2D eigenvalue weighted by molar-refractivity contribution is -0.147. The van der Waals surface area contributed by atoms with Gasteiger partial charge in [0.05, 0.1) is 18.9 Å². The molecular weight excluding hydrogens is 364 g/mol. The Labute approximate surface area is 163 Å². The van der Waals surface area contributed by atoms with Gasteiger partial charge in [0.2, 0.25) is 0 Å². The number of hydrogen-bond acceptors (Lipinski definition) is 7. The first-order chi connectivity index (χ1) is 13.3. The minimum Gasteiger partial charge on any atom is -0.467 e. The minimum atomic E-state index is -0.791. The first-order valence-electron chi connectivity index (χ1n) is 9.16. The highest BCUT2D eigenvalue weighted by Gasteiger charge is 2.27. The molecule has 28 heavy (non-hydrogen) atoms. The number of esters is 2. The second kappa shape index (κ2) is 9.29. The van der Waals surface area contributed by atoms with Gasteiger partial charge in [-0.15, -0.1) is 0 Å². The van der Waals surface area contributed by atoms with Crippen molar-refractivity contribution in [3.05, 3.63) is 24.0 Å². The summed E-state index contributed by atoms with van der Waals surface area (Å²) in [6.07, 6.45) is 3.69. The molecule has 0 aliphatic rings. The van der Waals surface area contributed by atoms with Crippen LogP contribution >= 0.6 is 0 Å². The average molecular weight is 390 g/mol. The van der Waals surface area contributed by atoms with Crippen molar-refractivity contribution in [2.45, 2.75) is 46.2 Å². The summed E-state index contributed by atoms with van der Waals surface area (Å²) in [5.41, 5.74) is 0.883. The maximum Gasteiger partial charge on any atom is 0.340 e. The van der Waals surface area contributed by atoms with Crippen LogP contribution in [-0.2, 0) is 19.1 Å². The fraction of sp³-hybridized carbons (Fsp3) is 0.526. The molecule has 2 aromatic heterocycles. The lowest BCUT2D eigenvalue weighted by Gasteiger charge is -2.21. The predicted molar refractivity (Wildman–Crippen MR) is 102 cm³/mol. The van der Waals surface area contributed by atoms with Crippen LogP contribution in [0.15, 0.2) is 18.5 Å². The van der Waals surface area contributed by atoms with Gasteiger partial charge in [0.1, 0.15) is 6.04 Å². The normalized spacial score (nSPS) is 13.2. The zero-order valence-electron chi connectivity index (χ0n) is 16.8. The largest absolute Gasteiger partial charge is 0.467 e. The van der Waals surface area contributed by atoms with E-state index in [4.69, 9.17) is 9.47 Å². The monoisotopic (exact) mass is 390 g/mol. The van der Waals surface area contributed by atoms with E-state index >= 15 is 0 Å². The molecule has 9 nitrogen and oxygen atoms in total. The number of carbonyl (C=O) groups excluding carboxylic acids is 3. The Morgan fingerprint density at radius 2 is 1.93 bits per heavy atom. The molecule has 2 heterocycles. The number of methoxy groups -OCH3 is 1. The van der Waals surface area contributed by atoms with Gasteiger partial charge in [-0.3, -0.25) is 4.79 Å². The van der Waals surface area contributed by atoms with Crippen molar-refractivity contribution >= 4 is 28.9 Å². The molecule has 2 unspecified atom stereocenters. The first-order valence-corrected chi connectivity index (χ1v) is 9.16. The molecule has 0 fully saturated rings. The standard InChI is InChI=1S/C19H26N4O5/c1-6-12(4)16(19(26)27-5)22-15(24)10-28-18(25)14-7-13-9-21-23(11(2)3)17(13)20-8-14/h7-9,11-12,16H,6,10H2,1-5H3,(H,22,24). The van der Waals surface area contributed by atoms with E-state index < -0.39 is 30.5 Å². The average Bonchev–Trinajstić information content (AvgIpc) is 3.12. The smallest absolute Gasteiger partial charge is 0.340 e. The van der Waals surface area contributed by atoms with Gasteiger partial charge in [-0.25, -0.2) is 19.3 Å². The summed E-state index contributed by atoms with van der Waals surface area (Å²) in [7, 11) is 1.26. The van der Waals surface area contributed by atoms with Gasteiger partial charge in [-0.05, 0) is 25.8 Å². The van der Waals surface area contributed by atoms with Crippen molar-refractivity contribution in [2.24, 2.45) is 5.92 Å². The summed E-state index contributed by atoms with van der Waals surface area (Å²) in [6.45, 7) is 7.18. The van der Waals surface area contributed by atoms with Gasteiger partial charge in [0.25, 0.3) is 5.91 Å². The molecule has 0 bridgehead atoms. The summed E-state index contributed by atoms with van der Waals surface area (Å²) < 4.78 is 11.5.